The quantitative estimate of drug-likeness (QED) is 0.815. The number of nitriles is 1. The monoisotopic (exact) mass is 263 g/mol. The van der Waals surface area contributed by atoms with Gasteiger partial charge in [-0.15, -0.1) is 0 Å². The zero-order valence-corrected chi connectivity index (χ0v) is 9.98. The van der Waals surface area contributed by atoms with Crippen LogP contribution in [0.15, 0.2) is 35.7 Å². The number of sulfonamides is 1. The van der Waals surface area contributed by atoms with E-state index in [1.54, 1.807) is 0 Å². The SMILES string of the molecule is N#Cc1ccc(S(=O)(=O)NCc2cnc[nH]2)cn1. The largest absolute Gasteiger partial charge is 0.347 e. The van der Waals surface area contributed by atoms with Crippen molar-refractivity contribution >= 4 is 10.0 Å². The molecule has 2 heterocycles. The van der Waals surface area contributed by atoms with Gasteiger partial charge in [-0.3, -0.25) is 0 Å². The van der Waals surface area contributed by atoms with Gasteiger partial charge in [0.2, 0.25) is 10.0 Å². The van der Waals surface area contributed by atoms with E-state index in [4.69, 9.17) is 5.26 Å². The van der Waals surface area contributed by atoms with Crippen LogP contribution >= 0.6 is 0 Å². The molecule has 0 fully saturated rings. The molecule has 0 spiro atoms. The van der Waals surface area contributed by atoms with E-state index in [0.29, 0.717) is 5.69 Å². The summed E-state index contributed by atoms with van der Waals surface area (Å²) in [5, 5.41) is 8.57. The number of rotatable bonds is 4. The van der Waals surface area contributed by atoms with E-state index in [2.05, 4.69) is 19.7 Å². The summed E-state index contributed by atoms with van der Waals surface area (Å²) in [5.74, 6) is 0. The molecule has 0 saturated heterocycles. The molecule has 7 nitrogen and oxygen atoms in total. The first-order valence-corrected chi connectivity index (χ1v) is 6.43. The molecule has 2 aromatic heterocycles. The minimum Gasteiger partial charge on any atom is -0.347 e. The third-order valence-corrected chi connectivity index (χ3v) is 3.56. The molecule has 18 heavy (non-hydrogen) atoms. The summed E-state index contributed by atoms with van der Waals surface area (Å²) in [6, 6.07) is 4.51. The molecule has 0 saturated carbocycles. The van der Waals surface area contributed by atoms with Gasteiger partial charge in [-0.25, -0.2) is 23.1 Å². The molecule has 2 N–H and O–H groups in total. The number of aromatic nitrogens is 3. The van der Waals surface area contributed by atoms with Crippen LogP contribution in [0.25, 0.3) is 0 Å². The molecule has 2 rings (SSSR count). The molecule has 0 aliphatic heterocycles. The van der Waals surface area contributed by atoms with Crippen molar-refractivity contribution in [1.29, 1.82) is 5.26 Å². The molecule has 0 aliphatic rings. The van der Waals surface area contributed by atoms with E-state index in [9.17, 15) is 8.42 Å². The standard InChI is InChI=1S/C10H9N5O2S/c11-3-8-1-2-10(6-13-8)18(16,17)15-5-9-4-12-7-14-9/h1-2,4,6-7,15H,5H2,(H,12,14). The Morgan fingerprint density at radius 1 is 1.39 bits per heavy atom. The lowest BCUT2D eigenvalue weighted by Crippen LogP contribution is -2.23. The van der Waals surface area contributed by atoms with Gasteiger partial charge in [-0.2, -0.15) is 5.26 Å². The van der Waals surface area contributed by atoms with Gasteiger partial charge in [0.05, 0.1) is 12.9 Å². The van der Waals surface area contributed by atoms with Gasteiger partial charge in [-0.05, 0) is 12.1 Å². The first-order chi connectivity index (χ1) is 8.62. The molecule has 0 radical (unpaired) electrons. The molecule has 0 aliphatic carbocycles. The summed E-state index contributed by atoms with van der Waals surface area (Å²) in [6.45, 7) is 0.113. The van der Waals surface area contributed by atoms with Crippen molar-refractivity contribution in [3.8, 4) is 6.07 Å². The van der Waals surface area contributed by atoms with Crippen molar-refractivity contribution < 1.29 is 8.42 Å². The maximum absolute atomic E-state index is 11.9. The number of pyridine rings is 1. The van der Waals surface area contributed by atoms with Gasteiger partial charge < -0.3 is 4.98 Å². The smallest absolute Gasteiger partial charge is 0.242 e. The first-order valence-electron chi connectivity index (χ1n) is 4.95. The highest BCUT2D eigenvalue weighted by Gasteiger charge is 2.14. The zero-order valence-electron chi connectivity index (χ0n) is 9.16. The first kappa shape index (κ1) is 12.2. The summed E-state index contributed by atoms with van der Waals surface area (Å²) in [6.07, 6.45) is 4.14. The van der Waals surface area contributed by atoms with Gasteiger partial charge in [-0.1, -0.05) is 0 Å². The Hall–Kier alpha value is -2.24. The average molecular weight is 263 g/mol. The average Bonchev–Trinajstić information content (AvgIpc) is 2.90. The third-order valence-electron chi connectivity index (χ3n) is 2.17. The number of aromatic amines is 1. The van der Waals surface area contributed by atoms with E-state index < -0.39 is 10.0 Å². The normalized spacial score (nSPS) is 11.1. The maximum Gasteiger partial charge on any atom is 0.242 e. The number of hydrogen-bond donors (Lipinski definition) is 2. The van der Waals surface area contributed by atoms with Crippen LogP contribution < -0.4 is 4.72 Å². The molecule has 0 unspecified atom stereocenters. The lowest BCUT2D eigenvalue weighted by atomic mass is 10.4. The number of nitrogens with zero attached hydrogens (tertiary/aromatic N) is 3. The Balaban J connectivity index is 2.13. The van der Waals surface area contributed by atoms with E-state index in [0.717, 1.165) is 6.20 Å². The van der Waals surface area contributed by atoms with Crippen LogP contribution in [0.2, 0.25) is 0 Å². The van der Waals surface area contributed by atoms with Crippen LogP contribution in [0.1, 0.15) is 11.4 Å². The predicted octanol–water partition coefficient (Wildman–Crippen LogP) is 0.155. The summed E-state index contributed by atoms with van der Waals surface area (Å²) in [7, 11) is -3.63. The van der Waals surface area contributed by atoms with Crippen molar-refractivity contribution in [3.05, 3.63) is 42.2 Å². The Morgan fingerprint density at radius 2 is 2.22 bits per heavy atom. The second kappa shape index (κ2) is 4.95. The van der Waals surface area contributed by atoms with Gasteiger partial charge in [0.1, 0.15) is 16.7 Å². The molecule has 0 bridgehead atoms. The van der Waals surface area contributed by atoms with Gasteiger partial charge in [0.15, 0.2) is 0 Å². The third kappa shape index (κ3) is 2.71. The molecular weight excluding hydrogens is 254 g/mol. The maximum atomic E-state index is 11.9. The van der Waals surface area contributed by atoms with Crippen molar-refractivity contribution in [2.75, 3.05) is 0 Å². The van der Waals surface area contributed by atoms with Crippen molar-refractivity contribution in [3.63, 3.8) is 0 Å². The van der Waals surface area contributed by atoms with Crippen LogP contribution in [0.4, 0.5) is 0 Å². The van der Waals surface area contributed by atoms with E-state index >= 15 is 0 Å². The fraction of sp³-hybridized carbons (Fsp3) is 0.100. The highest BCUT2D eigenvalue weighted by molar-refractivity contribution is 7.89. The van der Waals surface area contributed by atoms with Crippen molar-refractivity contribution in [2.45, 2.75) is 11.4 Å². The van der Waals surface area contributed by atoms with Crippen LogP contribution in [-0.4, -0.2) is 23.4 Å². The minimum atomic E-state index is -3.63. The number of nitrogens with one attached hydrogen (secondary N) is 2. The molecule has 2 aromatic rings. The molecule has 0 aromatic carbocycles. The Bertz CT molecular complexity index is 655. The topological polar surface area (TPSA) is 112 Å². The second-order valence-corrected chi connectivity index (χ2v) is 5.16. The van der Waals surface area contributed by atoms with E-state index in [-0.39, 0.29) is 17.1 Å². The summed E-state index contributed by atoms with van der Waals surface area (Å²) >= 11 is 0. The van der Waals surface area contributed by atoms with Crippen LogP contribution in [0.5, 0.6) is 0 Å². The number of imidazole rings is 1. The highest BCUT2D eigenvalue weighted by Crippen LogP contribution is 2.08. The Kier molecular flexibility index (Phi) is 3.36. The van der Waals surface area contributed by atoms with Crippen LogP contribution in [0.3, 0.4) is 0 Å². The van der Waals surface area contributed by atoms with Gasteiger partial charge >= 0.3 is 0 Å². The zero-order chi connectivity index (χ0) is 13.0. The Morgan fingerprint density at radius 3 is 2.78 bits per heavy atom. The van der Waals surface area contributed by atoms with E-state index in [1.807, 2.05) is 6.07 Å². The fourth-order valence-corrected chi connectivity index (χ4v) is 2.19. The lowest BCUT2D eigenvalue weighted by molar-refractivity contribution is 0.580. The van der Waals surface area contributed by atoms with Crippen LogP contribution in [0, 0.1) is 11.3 Å². The molecule has 0 atom stereocenters. The van der Waals surface area contributed by atoms with Crippen LogP contribution in [-0.2, 0) is 16.6 Å². The molecular formula is C10H9N5O2S. The van der Waals surface area contributed by atoms with Crippen molar-refractivity contribution in [1.82, 2.24) is 19.7 Å². The summed E-state index contributed by atoms with van der Waals surface area (Å²) < 4.78 is 26.1. The minimum absolute atomic E-state index is 0.0148. The van der Waals surface area contributed by atoms with Gasteiger partial charge in [0, 0.05) is 18.1 Å². The van der Waals surface area contributed by atoms with E-state index in [1.165, 1.54) is 24.7 Å². The molecule has 0 amide bonds. The second-order valence-electron chi connectivity index (χ2n) is 3.39. The number of hydrogen-bond acceptors (Lipinski definition) is 5. The molecule has 92 valence electrons. The fourth-order valence-electron chi connectivity index (χ4n) is 1.24. The molecule has 8 heteroatoms. The predicted molar refractivity (Wildman–Crippen MR) is 61.6 cm³/mol. The Labute approximate surface area is 104 Å². The van der Waals surface area contributed by atoms with Gasteiger partial charge in [0.25, 0.3) is 0 Å². The number of H-pyrrole nitrogens is 1. The highest BCUT2D eigenvalue weighted by atomic mass is 32.2. The summed E-state index contributed by atoms with van der Waals surface area (Å²) in [4.78, 5) is 10.3. The lowest BCUT2D eigenvalue weighted by Gasteiger charge is -2.04. The van der Waals surface area contributed by atoms with Crippen molar-refractivity contribution in [2.24, 2.45) is 0 Å². The summed E-state index contributed by atoms with van der Waals surface area (Å²) in [5.41, 5.74) is 0.822.